The van der Waals surface area contributed by atoms with Crippen molar-refractivity contribution in [3.8, 4) is 11.5 Å². The summed E-state index contributed by atoms with van der Waals surface area (Å²) in [5, 5.41) is 0. The van der Waals surface area contributed by atoms with Crippen molar-refractivity contribution in [2.75, 3.05) is 13.4 Å². The van der Waals surface area contributed by atoms with Gasteiger partial charge >= 0.3 is 5.97 Å². The van der Waals surface area contributed by atoms with Crippen molar-refractivity contribution in [1.29, 1.82) is 0 Å². The molecule has 1 aromatic carbocycles. The zero-order valence-electron chi connectivity index (χ0n) is 18.2. The first-order valence-corrected chi connectivity index (χ1v) is 10.4. The van der Waals surface area contributed by atoms with Gasteiger partial charge < -0.3 is 14.2 Å². The second-order valence-corrected chi connectivity index (χ2v) is 6.44. The van der Waals surface area contributed by atoms with E-state index in [0.717, 1.165) is 28.0 Å². The number of allylic oxidation sites excluding steroid dienone is 5. The Labute approximate surface area is 174 Å². The first kappa shape index (κ1) is 22.5. The molecule has 1 fully saturated rings. The Hall–Kier alpha value is -2.75. The van der Waals surface area contributed by atoms with E-state index >= 15 is 0 Å². The van der Waals surface area contributed by atoms with E-state index in [9.17, 15) is 4.79 Å². The largest absolute Gasteiger partial charge is 0.465 e. The topological polar surface area (TPSA) is 44.8 Å². The molecule has 0 bridgehead atoms. The molecule has 1 aliphatic carbocycles. The van der Waals surface area contributed by atoms with Crippen LogP contribution in [0.2, 0.25) is 0 Å². The molecule has 29 heavy (non-hydrogen) atoms. The van der Waals surface area contributed by atoms with Crippen molar-refractivity contribution in [2.45, 2.75) is 40.5 Å². The molecule has 2 heterocycles. The van der Waals surface area contributed by atoms with Crippen LogP contribution in [0, 0.1) is 11.8 Å². The van der Waals surface area contributed by atoms with E-state index in [4.69, 9.17) is 14.2 Å². The van der Waals surface area contributed by atoms with E-state index in [0.29, 0.717) is 12.4 Å². The van der Waals surface area contributed by atoms with E-state index in [1.807, 2.05) is 65.0 Å². The Morgan fingerprint density at radius 3 is 2.38 bits per heavy atom. The first-order chi connectivity index (χ1) is 14.2. The SMILES string of the molecule is C=C/C=C\C(=C/C)[C@@H]1c2cc3c(cc2C(=C)[C@H]2COC(=O)[C@H]21)OCO3.CC.CC. The van der Waals surface area contributed by atoms with Crippen molar-refractivity contribution in [3.63, 3.8) is 0 Å². The third kappa shape index (κ3) is 4.02. The highest BCUT2D eigenvalue weighted by Gasteiger charge is 2.49. The number of esters is 1. The molecule has 3 atom stereocenters. The minimum absolute atomic E-state index is 0.0162. The van der Waals surface area contributed by atoms with Gasteiger partial charge in [-0.25, -0.2) is 0 Å². The van der Waals surface area contributed by atoms with Crippen LogP contribution in [0.25, 0.3) is 5.57 Å². The van der Waals surface area contributed by atoms with Crippen LogP contribution in [-0.2, 0) is 9.53 Å². The highest BCUT2D eigenvalue weighted by molar-refractivity contribution is 5.87. The van der Waals surface area contributed by atoms with Gasteiger partial charge in [-0.15, -0.1) is 0 Å². The van der Waals surface area contributed by atoms with Crippen LogP contribution in [0.1, 0.15) is 51.7 Å². The zero-order chi connectivity index (χ0) is 21.6. The van der Waals surface area contributed by atoms with Crippen LogP contribution in [0.5, 0.6) is 11.5 Å². The fourth-order valence-corrected chi connectivity index (χ4v) is 4.05. The highest BCUT2D eigenvalue weighted by Crippen LogP contribution is 2.54. The Morgan fingerprint density at radius 1 is 1.10 bits per heavy atom. The molecule has 4 heteroatoms. The zero-order valence-corrected chi connectivity index (χ0v) is 18.2. The molecular formula is C25H32O4. The Morgan fingerprint density at radius 2 is 1.76 bits per heavy atom. The highest BCUT2D eigenvalue weighted by atomic mass is 16.7. The van der Waals surface area contributed by atoms with Crippen molar-refractivity contribution in [2.24, 2.45) is 11.8 Å². The van der Waals surface area contributed by atoms with Crippen molar-refractivity contribution < 1.29 is 19.0 Å². The molecule has 0 amide bonds. The summed E-state index contributed by atoms with van der Waals surface area (Å²) in [4.78, 5) is 12.5. The van der Waals surface area contributed by atoms with Gasteiger partial charge in [0.25, 0.3) is 0 Å². The predicted octanol–water partition coefficient (Wildman–Crippen LogP) is 6.06. The number of fused-ring (bicyclic) bond motifs is 3. The molecular weight excluding hydrogens is 364 g/mol. The average molecular weight is 397 g/mol. The van der Waals surface area contributed by atoms with Gasteiger partial charge in [0.05, 0.1) is 12.5 Å². The molecule has 4 nitrogen and oxygen atoms in total. The van der Waals surface area contributed by atoms with Gasteiger partial charge in [0.1, 0.15) is 0 Å². The molecule has 0 N–H and O–H groups in total. The molecule has 0 radical (unpaired) electrons. The fraction of sp³-hybridized carbons (Fsp3) is 0.400. The van der Waals surface area contributed by atoms with Crippen LogP contribution < -0.4 is 9.47 Å². The van der Waals surface area contributed by atoms with E-state index in [1.165, 1.54) is 0 Å². The summed E-state index contributed by atoms with van der Waals surface area (Å²) in [5.41, 5.74) is 4.06. The molecule has 2 aliphatic heterocycles. The smallest absolute Gasteiger partial charge is 0.310 e. The number of ether oxygens (including phenoxy) is 3. The molecule has 0 saturated carbocycles. The first-order valence-electron chi connectivity index (χ1n) is 10.4. The molecule has 0 unspecified atom stereocenters. The summed E-state index contributed by atoms with van der Waals surface area (Å²) in [6.07, 6.45) is 7.66. The summed E-state index contributed by atoms with van der Waals surface area (Å²) in [6, 6.07) is 3.97. The van der Waals surface area contributed by atoms with E-state index in [2.05, 4.69) is 13.2 Å². The van der Waals surface area contributed by atoms with Gasteiger partial charge in [-0.3, -0.25) is 4.79 Å². The lowest BCUT2D eigenvalue weighted by Gasteiger charge is -2.35. The van der Waals surface area contributed by atoms with Crippen LogP contribution in [0.3, 0.4) is 0 Å². The number of hydrogen-bond donors (Lipinski definition) is 0. The van der Waals surface area contributed by atoms with Gasteiger partial charge in [-0.05, 0) is 41.3 Å². The second kappa shape index (κ2) is 10.1. The van der Waals surface area contributed by atoms with Crippen LogP contribution in [0.15, 0.2) is 55.2 Å². The average Bonchev–Trinajstić information content (AvgIpc) is 3.38. The Kier molecular flexibility index (Phi) is 7.89. The number of benzene rings is 1. The standard InChI is InChI=1S/C21H20O4.2C2H6/c1-4-6-7-13(5-2)19-15-9-18-17(24-11-25-18)8-14(15)12(3)16-10-23-21(22)20(16)19;2*1-2/h4-9,16,19-20H,1,3,10-11H2,2H3;2*1-2H3/b7-6-,13-5+;;/t16-,19-,20-;;/m1../s1. The van der Waals surface area contributed by atoms with Crippen LogP contribution in [0.4, 0.5) is 0 Å². The molecule has 4 rings (SSSR count). The maximum atomic E-state index is 12.5. The minimum atomic E-state index is -0.263. The number of cyclic esters (lactones) is 1. The normalized spacial score (nSPS) is 23.9. The van der Waals surface area contributed by atoms with E-state index < -0.39 is 0 Å². The lowest BCUT2D eigenvalue weighted by atomic mass is 9.65. The summed E-state index contributed by atoms with van der Waals surface area (Å²) < 4.78 is 16.5. The Balaban J connectivity index is 0.000000707. The van der Waals surface area contributed by atoms with Gasteiger partial charge in [0.15, 0.2) is 11.5 Å². The van der Waals surface area contributed by atoms with Crippen molar-refractivity contribution >= 4 is 11.5 Å². The fourth-order valence-electron chi connectivity index (χ4n) is 4.05. The molecule has 1 aromatic rings. The molecule has 156 valence electrons. The molecule has 3 aliphatic rings. The third-order valence-corrected chi connectivity index (χ3v) is 5.26. The number of carbonyl (C=O) groups is 1. The van der Waals surface area contributed by atoms with Gasteiger partial charge in [0, 0.05) is 11.8 Å². The summed E-state index contributed by atoms with van der Waals surface area (Å²) >= 11 is 0. The maximum Gasteiger partial charge on any atom is 0.310 e. The molecule has 0 spiro atoms. The maximum absolute atomic E-state index is 12.5. The lowest BCUT2D eigenvalue weighted by Crippen LogP contribution is -2.30. The Bertz CT molecular complexity index is 831. The van der Waals surface area contributed by atoms with E-state index in [1.54, 1.807) is 6.08 Å². The predicted molar refractivity (Wildman–Crippen MR) is 118 cm³/mol. The molecule has 1 saturated heterocycles. The van der Waals surface area contributed by atoms with Crippen molar-refractivity contribution in [1.82, 2.24) is 0 Å². The van der Waals surface area contributed by atoms with Crippen LogP contribution >= 0.6 is 0 Å². The van der Waals surface area contributed by atoms with E-state index in [-0.39, 0.29) is 30.5 Å². The minimum Gasteiger partial charge on any atom is -0.465 e. The van der Waals surface area contributed by atoms with Crippen LogP contribution in [-0.4, -0.2) is 19.4 Å². The lowest BCUT2D eigenvalue weighted by molar-refractivity contribution is -0.141. The van der Waals surface area contributed by atoms with Gasteiger partial charge in [0.2, 0.25) is 6.79 Å². The summed E-state index contributed by atoms with van der Waals surface area (Å²) in [6.45, 7) is 18.6. The van der Waals surface area contributed by atoms with Gasteiger partial charge in [-0.2, -0.15) is 0 Å². The quantitative estimate of drug-likeness (QED) is 0.460. The summed E-state index contributed by atoms with van der Waals surface area (Å²) in [5.74, 6) is 0.899. The third-order valence-electron chi connectivity index (χ3n) is 5.26. The second-order valence-electron chi connectivity index (χ2n) is 6.44. The number of rotatable bonds is 3. The van der Waals surface area contributed by atoms with Gasteiger partial charge in [-0.1, -0.05) is 65.2 Å². The molecule has 0 aromatic heterocycles. The van der Waals surface area contributed by atoms with Crippen molar-refractivity contribution in [3.05, 3.63) is 66.3 Å². The number of hydrogen-bond acceptors (Lipinski definition) is 4. The summed E-state index contributed by atoms with van der Waals surface area (Å²) in [7, 11) is 0. The number of carbonyl (C=O) groups excluding carboxylic acids is 1. The monoisotopic (exact) mass is 396 g/mol.